The molecule has 0 spiro atoms. The maximum absolute atomic E-state index is 4.53. The highest BCUT2D eigenvalue weighted by atomic mass is 15.5. The van der Waals surface area contributed by atoms with E-state index in [-0.39, 0.29) is 0 Å². The molecular formula is C24H34N10. The summed E-state index contributed by atoms with van der Waals surface area (Å²) in [6.07, 6.45) is 3.62. The number of hydrogen-bond donors (Lipinski definition) is 2. The Hall–Kier alpha value is -3.56. The third-order valence-electron chi connectivity index (χ3n) is 5.44. The fourth-order valence-electron chi connectivity index (χ4n) is 3.69. The van der Waals surface area contributed by atoms with Gasteiger partial charge < -0.3 is 0 Å². The SMILES string of the molecule is CC(C)c1cc(-c2nn[nH]n2)cnc1C(C)C.CC(C)c1cc(-c2nn[nH]n2)cnc1C(C)C. The van der Waals surface area contributed by atoms with Gasteiger partial charge in [0.2, 0.25) is 11.6 Å². The molecule has 180 valence electrons. The summed E-state index contributed by atoms with van der Waals surface area (Å²) in [5, 5.41) is 27.9. The molecule has 0 fully saturated rings. The van der Waals surface area contributed by atoms with Crippen LogP contribution < -0.4 is 0 Å². The van der Waals surface area contributed by atoms with Gasteiger partial charge in [-0.2, -0.15) is 10.4 Å². The van der Waals surface area contributed by atoms with Crippen LogP contribution in [0.2, 0.25) is 0 Å². The Morgan fingerprint density at radius 2 is 0.941 bits per heavy atom. The maximum Gasteiger partial charge on any atom is 0.206 e. The molecule has 4 heterocycles. The third kappa shape index (κ3) is 5.86. The molecule has 4 rings (SSSR count). The minimum Gasteiger partial charge on any atom is -0.260 e. The number of tetrazole rings is 2. The summed E-state index contributed by atoms with van der Waals surface area (Å²) < 4.78 is 0. The smallest absolute Gasteiger partial charge is 0.206 e. The first kappa shape index (κ1) is 25.1. The molecule has 0 amide bonds. The maximum atomic E-state index is 4.53. The molecule has 0 atom stereocenters. The summed E-state index contributed by atoms with van der Waals surface area (Å²) in [5.41, 5.74) is 6.61. The van der Waals surface area contributed by atoms with E-state index >= 15 is 0 Å². The summed E-state index contributed by atoms with van der Waals surface area (Å²) in [5.74, 6) is 2.90. The zero-order chi connectivity index (χ0) is 24.8. The van der Waals surface area contributed by atoms with Gasteiger partial charge in [-0.25, -0.2) is 0 Å². The Balaban J connectivity index is 0.000000191. The lowest BCUT2D eigenvalue weighted by Crippen LogP contribution is -2.02. The van der Waals surface area contributed by atoms with Crippen molar-refractivity contribution in [3.8, 4) is 22.8 Å². The van der Waals surface area contributed by atoms with Crippen molar-refractivity contribution in [3.63, 3.8) is 0 Å². The largest absolute Gasteiger partial charge is 0.260 e. The number of hydrogen-bond acceptors (Lipinski definition) is 8. The summed E-state index contributed by atoms with van der Waals surface area (Å²) in [7, 11) is 0. The topological polar surface area (TPSA) is 135 Å². The fourth-order valence-corrected chi connectivity index (χ4v) is 3.69. The average molecular weight is 463 g/mol. The number of H-pyrrole nitrogens is 2. The number of rotatable bonds is 6. The molecule has 0 saturated heterocycles. The van der Waals surface area contributed by atoms with E-state index in [1.807, 2.05) is 12.4 Å². The van der Waals surface area contributed by atoms with Crippen LogP contribution >= 0.6 is 0 Å². The monoisotopic (exact) mass is 462 g/mol. The van der Waals surface area contributed by atoms with Crippen molar-refractivity contribution in [3.05, 3.63) is 47.0 Å². The highest BCUT2D eigenvalue weighted by Crippen LogP contribution is 2.28. The molecule has 4 aromatic rings. The number of pyridine rings is 2. The minimum atomic E-state index is 0.423. The molecule has 0 saturated carbocycles. The van der Waals surface area contributed by atoms with Crippen molar-refractivity contribution in [2.45, 2.75) is 79.1 Å². The fraction of sp³-hybridized carbons (Fsp3) is 0.500. The van der Waals surface area contributed by atoms with E-state index in [2.05, 4.69) is 119 Å². The molecule has 10 heteroatoms. The number of aromatic amines is 2. The van der Waals surface area contributed by atoms with Crippen LogP contribution in [0.15, 0.2) is 24.5 Å². The van der Waals surface area contributed by atoms with Crippen LogP contribution in [0, 0.1) is 0 Å². The normalized spacial score (nSPS) is 11.4. The van der Waals surface area contributed by atoms with Crippen LogP contribution in [0.4, 0.5) is 0 Å². The summed E-state index contributed by atoms with van der Waals surface area (Å²) in [6, 6.07) is 4.22. The Labute approximate surface area is 200 Å². The van der Waals surface area contributed by atoms with Gasteiger partial charge in [0.25, 0.3) is 0 Å². The van der Waals surface area contributed by atoms with Crippen LogP contribution in [-0.2, 0) is 0 Å². The van der Waals surface area contributed by atoms with E-state index in [1.54, 1.807) is 0 Å². The molecule has 0 aliphatic heterocycles. The molecule has 0 aliphatic rings. The van der Waals surface area contributed by atoms with Gasteiger partial charge in [0.15, 0.2) is 0 Å². The second kappa shape index (κ2) is 11.0. The van der Waals surface area contributed by atoms with E-state index in [9.17, 15) is 0 Å². The Morgan fingerprint density at radius 1 is 0.559 bits per heavy atom. The van der Waals surface area contributed by atoms with Gasteiger partial charge in [-0.05, 0) is 57.4 Å². The zero-order valence-corrected chi connectivity index (χ0v) is 21.2. The quantitative estimate of drug-likeness (QED) is 0.408. The van der Waals surface area contributed by atoms with Crippen LogP contribution in [0.3, 0.4) is 0 Å². The Kier molecular flexibility index (Phi) is 8.14. The second-order valence-corrected chi connectivity index (χ2v) is 9.49. The first-order chi connectivity index (χ1) is 16.2. The standard InChI is InChI=1S/2C12H17N5/c2*1-7(2)10-5-9(12-14-16-17-15-12)6-13-11(10)8(3)4/h2*5-8H,1-4H3,(H,14,15,16,17). The van der Waals surface area contributed by atoms with Crippen molar-refractivity contribution in [1.82, 2.24) is 51.2 Å². The van der Waals surface area contributed by atoms with E-state index in [1.165, 1.54) is 11.1 Å². The molecule has 4 aromatic heterocycles. The predicted molar refractivity (Wildman–Crippen MR) is 131 cm³/mol. The molecule has 0 unspecified atom stereocenters. The number of nitrogens with one attached hydrogen (secondary N) is 2. The summed E-state index contributed by atoms with van der Waals surface area (Å²) in [6.45, 7) is 17.3. The summed E-state index contributed by atoms with van der Waals surface area (Å²) >= 11 is 0. The van der Waals surface area contributed by atoms with Gasteiger partial charge in [-0.3, -0.25) is 9.97 Å². The molecule has 2 N–H and O–H groups in total. The van der Waals surface area contributed by atoms with Gasteiger partial charge in [-0.1, -0.05) is 55.4 Å². The van der Waals surface area contributed by atoms with Gasteiger partial charge in [0.1, 0.15) is 0 Å². The predicted octanol–water partition coefficient (Wildman–Crippen LogP) is 5.02. The number of nitrogens with zero attached hydrogens (tertiary/aromatic N) is 8. The van der Waals surface area contributed by atoms with Crippen LogP contribution in [0.5, 0.6) is 0 Å². The number of aromatic nitrogens is 10. The van der Waals surface area contributed by atoms with Gasteiger partial charge in [-0.15, -0.1) is 20.4 Å². The Bertz CT molecular complexity index is 1070. The van der Waals surface area contributed by atoms with Crippen LogP contribution in [-0.4, -0.2) is 51.2 Å². The Morgan fingerprint density at radius 3 is 1.21 bits per heavy atom. The van der Waals surface area contributed by atoms with Crippen molar-refractivity contribution >= 4 is 0 Å². The highest BCUT2D eigenvalue weighted by molar-refractivity contribution is 5.55. The van der Waals surface area contributed by atoms with Crippen LogP contribution in [0.25, 0.3) is 22.8 Å². The van der Waals surface area contributed by atoms with Crippen LogP contribution in [0.1, 0.15) is 102 Å². The van der Waals surface area contributed by atoms with E-state index in [0.29, 0.717) is 35.3 Å². The first-order valence-corrected chi connectivity index (χ1v) is 11.7. The molecule has 0 bridgehead atoms. The average Bonchev–Trinajstić information content (AvgIpc) is 3.53. The third-order valence-corrected chi connectivity index (χ3v) is 5.44. The first-order valence-electron chi connectivity index (χ1n) is 11.7. The lowest BCUT2D eigenvalue weighted by atomic mass is 9.94. The van der Waals surface area contributed by atoms with Crippen molar-refractivity contribution in [1.29, 1.82) is 0 Å². The molecule has 10 nitrogen and oxygen atoms in total. The van der Waals surface area contributed by atoms with Crippen molar-refractivity contribution in [2.24, 2.45) is 0 Å². The van der Waals surface area contributed by atoms with E-state index < -0.39 is 0 Å². The second-order valence-electron chi connectivity index (χ2n) is 9.49. The molecular weight excluding hydrogens is 428 g/mol. The van der Waals surface area contributed by atoms with Crippen molar-refractivity contribution in [2.75, 3.05) is 0 Å². The van der Waals surface area contributed by atoms with Gasteiger partial charge in [0, 0.05) is 34.9 Å². The molecule has 0 radical (unpaired) electrons. The van der Waals surface area contributed by atoms with Gasteiger partial charge >= 0.3 is 0 Å². The zero-order valence-electron chi connectivity index (χ0n) is 21.2. The lowest BCUT2D eigenvalue weighted by molar-refractivity contribution is 0.758. The lowest BCUT2D eigenvalue weighted by Gasteiger charge is -2.15. The van der Waals surface area contributed by atoms with Gasteiger partial charge in [0.05, 0.1) is 0 Å². The minimum absolute atomic E-state index is 0.423. The van der Waals surface area contributed by atoms with E-state index in [0.717, 1.165) is 22.5 Å². The molecule has 0 aromatic carbocycles. The van der Waals surface area contributed by atoms with Crippen molar-refractivity contribution < 1.29 is 0 Å². The van der Waals surface area contributed by atoms with E-state index in [4.69, 9.17) is 0 Å². The molecule has 34 heavy (non-hydrogen) atoms. The molecule has 0 aliphatic carbocycles. The summed E-state index contributed by atoms with van der Waals surface area (Å²) in [4.78, 5) is 9.07. The highest BCUT2D eigenvalue weighted by Gasteiger charge is 2.15.